The number of aliphatic hydroxyl groups is 1. The number of hydrogen-bond acceptors (Lipinski definition) is 7. The van der Waals surface area contributed by atoms with E-state index in [0.29, 0.717) is 11.3 Å². The highest BCUT2D eigenvalue weighted by Crippen LogP contribution is 2.15. The molecule has 0 aromatic heterocycles. The summed E-state index contributed by atoms with van der Waals surface area (Å²) >= 11 is 0. The van der Waals surface area contributed by atoms with Crippen LogP contribution in [-0.4, -0.2) is 55.3 Å². The molecule has 0 heterocycles. The monoisotopic (exact) mass is 560 g/mol. The van der Waals surface area contributed by atoms with Crippen molar-refractivity contribution >= 4 is 39.3 Å². The van der Waals surface area contributed by atoms with Gasteiger partial charge in [-0.3, -0.25) is 19.8 Å². The van der Waals surface area contributed by atoms with Gasteiger partial charge in [0.25, 0.3) is 0 Å². The maximum atomic E-state index is 13.1. The normalized spacial score (nSPS) is 13.7. The van der Waals surface area contributed by atoms with Gasteiger partial charge in [-0.2, -0.15) is 4.72 Å². The van der Waals surface area contributed by atoms with Crippen LogP contribution >= 0.6 is 0 Å². The number of amidine groups is 1. The Labute approximate surface area is 228 Å². The topological polar surface area (TPSA) is 204 Å². The first kappa shape index (κ1) is 31.4. The quantitative estimate of drug-likeness (QED) is 0.139. The molecule has 39 heavy (non-hydrogen) atoms. The Morgan fingerprint density at radius 3 is 2.05 bits per heavy atom. The van der Waals surface area contributed by atoms with Gasteiger partial charge in [-0.25, -0.2) is 8.42 Å². The Balaban J connectivity index is 2.13. The Morgan fingerprint density at radius 2 is 1.56 bits per heavy atom. The molecule has 0 fully saturated rings. The summed E-state index contributed by atoms with van der Waals surface area (Å²) in [6.45, 7) is 6.47. The molecule has 0 aliphatic rings. The molecule has 0 spiro atoms. The molecule has 8 N–H and O–H groups in total. The van der Waals surface area contributed by atoms with Crippen LogP contribution in [0.5, 0.6) is 0 Å². The van der Waals surface area contributed by atoms with E-state index in [9.17, 15) is 27.9 Å². The molecule has 2 aromatic rings. The second-order valence-electron chi connectivity index (χ2n) is 9.56. The molecule has 3 amide bonds. The molecule has 0 aliphatic carbocycles. The fourth-order valence-electron chi connectivity index (χ4n) is 3.61. The number of nitrogens with one attached hydrogen (secondary N) is 5. The van der Waals surface area contributed by atoms with Crippen molar-refractivity contribution < 1.29 is 27.9 Å². The second kappa shape index (κ2) is 13.8. The number of rotatable bonds is 13. The van der Waals surface area contributed by atoms with Crippen molar-refractivity contribution in [1.82, 2.24) is 15.4 Å². The molecular formula is C26H36N6O6S. The average molecular weight is 561 g/mol. The fourth-order valence-corrected chi connectivity index (χ4v) is 4.87. The number of sulfonamides is 1. The van der Waals surface area contributed by atoms with Crippen LogP contribution in [0.2, 0.25) is 0 Å². The zero-order valence-corrected chi connectivity index (χ0v) is 23.1. The van der Waals surface area contributed by atoms with Crippen molar-refractivity contribution in [2.24, 2.45) is 11.7 Å². The summed E-state index contributed by atoms with van der Waals surface area (Å²) < 4.78 is 28.0. The van der Waals surface area contributed by atoms with Gasteiger partial charge in [0.2, 0.25) is 27.7 Å². The van der Waals surface area contributed by atoms with E-state index in [2.05, 4.69) is 20.7 Å². The van der Waals surface area contributed by atoms with Gasteiger partial charge < -0.3 is 26.8 Å². The van der Waals surface area contributed by atoms with Crippen LogP contribution in [0, 0.1) is 11.3 Å². The summed E-state index contributed by atoms with van der Waals surface area (Å²) in [5, 5.41) is 25.5. The summed E-state index contributed by atoms with van der Waals surface area (Å²) in [4.78, 5) is 37.1. The molecule has 0 bridgehead atoms. The summed E-state index contributed by atoms with van der Waals surface area (Å²) in [6, 6.07) is 9.47. The predicted octanol–water partition coefficient (Wildman–Crippen LogP) is 0.804. The zero-order valence-electron chi connectivity index (χ0n) is 22.3. The molecule has 212 valence electrons. The second-order valence-corrected chi connectivity index (χ2v) is 11.3. The highest BCUT2D eigenvalue weighted by atomic mass is 32.2. The summed E-state index contributed by atoms with van der Waals surface area (Å²) in [5.74, 6) is -1.72. The number of carbonyl (C=O) groups is 3. The Kier molecular flexibility index (Phi) is 11.1. The first-order valence-corrected chi connectivity index (χ1v) is 13.8. The van der Waals surface area contributed by atoms with Crippen LogP contribution in [0.3, 0.4) is 0 Å². The van der Waals surface area contributed by atoms with Crippen LogP contribution in [0.1, 0.15) is 45.2 Å². The number of nitrogen functional groups attached to an aromatic ring is 1. The molecule has 0 aliphatic heterocycles. The van der Waals surface area contributed by atoms with Gasteiger partial charge in [-0.15, -0.1) is 0 Å². The van der Waals surface area contributed by atoms with Crippen LogP contribution in [0.25, 0.3) is 0 Å². The molecule has 3 atom stereocenters. The largest absolute Gasteiger partial charge is 0.391 e. The van der Waals surface area contributed by atoms with Crippen molar-refractivity contribution in [2.45, 2.75) is 63.7 Å². The molecule has 1 unspecified atom stereocenters. The van der Waals surface area contributed by atoms with E-state index in [4.69, 9.17) is 11.1 Å². The molecule has 0 saturated carbocycles. The first-order valence-electron chi connectivity index (χ1n) is 12.3. The fraction of sp³-hybridized carbons (Fsp3) is 0.385. The van der Waals surface area contributed by atoms with Crippen LogP contribution in [0.15, 0.2) is 53.4 Å². The minimum Gasteiger partial charge on any atom is -0.391 e. The van der Waals surface area contributed by atoms with Crippen LogP contribution < -0.4 is 26.4 Å². The minimum absolute atomic E-state index is 0.0136. The van der Waals surface area contributed by atoms with Crippen molar-refractivity contribution in [2.75, 3.05) is 5.32 Å². The third-order valence-corrected chi connectivity index (χ3v) is 7.06. The van der Waals surface area contributed by atoms with Crippen molar-refractivity contribution in [1.29, 1.82) is 5.41 Å². The third kappa shape index (κ3) is 9.78. The average Bonchev–Trinajstić information content (AvgIpc) is 2.85. The SMILES string of the molecule is CC(=O)Nc1ccc(S(=O)(=O)N[C@@H](C(=O)N[C@@H](CC(C)C)C(=O)NCc2ccc(C(=N)N)cc2)C(C)O)cc1. The van der Waals surface area contributed by atoms with E-state index in [1.54, 1.807) is 24.3 Å². The smallest absolute Gasteiger partial charge is 0.242 e. The molecule has 13 heteroatoms. The number of amides is 3. The summed E-state index contributed by atoms with van der Waals surface area (Å²) in [5.41, 5.74) is 7.15. The highest BCUT2D eigenvalue weighted by molar-refractivity contribution is 7.89. The lowest BCUT2D eigenvalue weighted by atomic mass is 10.0. The minimum atomic E-state index is -4.24. The highest BCUT2D eigenvalue weighted by Gasteiger charge is 2.32. The predicted molar refractivity (Wildman–Crippen MR) is 147 cm³/mol. The number of nitrogens with two attached hydrogens (primary N) is 1. The van der Waals surface area contributed by atoms with E-state index in [0.717, 1.165) is 5.56 Å². The molecule has 0 saturated heterocycles. The molecular weight excluding hydrogens is 524 g/mol. The lowest BCUT2D eigenvalue weighted by Crippen LogP contribution is -2.57. The van der Waals surface area contributed by atoms with Crippen molar-refractivity contribution in [3.05, 3.63) is 59.7 Å². The molecule has 0 radical (unpaired) electrons. The molecule has 2 aromatic carbocycles. The van der Waals surface area contributed by atoms with Crippen LogP contribution in [0.4, 0.5) is 5.69 Å². The Hall–Kier alpha value is -3.81. The maximum Gasteiger partial charge on any atom is 0.242 e. The summed E-state index contributed by atoms with van der Waals surface area (Å²) in [6.07, 6.45) is -1.15. The van der Waals surface area contributed by atoms with E-state index >= 15 is 0 Å². The Bertz CT molecular complexity index is 1280. The summed E-state index contributed by atoms with van der Waals surface area (Å²) in [7, 11) is -4.24. The van der Waals surface area contributed by atoms with Gasteiger partial charge in [-0.1, -0.05) is 38.1 Å². The van der Waals surface area contributed by atoms with E-state index in [1.807, 2.05) is 13.8 Å². The van der Waals surface area contributed by atoms with Gasteiger partial charge in [0.1, 0.15) is 17.9 Å². The van der Waals surface area contributed by atoms with Crippen molar-refractivity contribution in [3.63, 3.8) is 0 Å². The Morgan fingerprint density at radius 1 is 0.974 bits per heavy atom. The maximum absolute atomic E-state index is 13.1. The van der Waals surface area contributed by atoms with Gasteiger partial charge in [0, 0.05) is 24.7 Å². The number of benzene rings is 2. The van der Waals surface area contributed by atoms with Gasteiger partial charge >= 0.3 is 0 Å². The van der Waals surface area contributed by atoms with Crippen LogP contribution in [-0.2, 0) is 31.0 Å². The lowest BCUT2D eigenvalue weighted by molar-refractivity contribution is -0.131. The van der Waals surface area contributed by atoms with Gasteiger partial charge in [0.05, 0.1) is 11.0 Å². The lowest BCUT2D eigenvalue weighted by Gasteiger charge is -2.25. The standard InChI is InChI=1S/C26H36N6O6S/c1-15(2)13-22(25(35)29-14-18-5-7-19(8-6-18)24(27)28)31-26(36)23(16(3)33)32-39(37,38)21-11-9-20(10-12-21)30-17(4)34/h5-12,15-16,22-23,32-33H,13-14H2,1-4H3,(H3,27,28)(H,29,35)(H,30,34)(H,31,36)/t16?,22-,23+/m0/s1. The molecule has 12 nitrogen and oxygen atoms in total. The zero-order chi connectivity index (χ0) is 29.3. The first-order chi connectivity index (χ1) is 18.2. The van der Waals surface area contributed by atoms with Crippen molar-refractivity contribution in [3.8, 4) is 0 Å². The van der Waals surface area contributed by atoms with E-state index in [-0.39, 0.29) is 35.5 Å². The van der Waals surface area contributed by atoms with E-state index in [1.165, 1.54) is 38.1 Å². The number of carbonyl (C=O) groups excluding carboxylic acids is 3. The number of aliphatic hydroxyl groups excluding tert-OH is 1. The van der Waals surface area contributed by atoms with Gasteiger partial charge in [-0.05, 0) is 49.1 Å². The van der Waals surface area contributed by atoms with E-state index < -0.39 is 40.0 Å². The third-order valence-electron chi connectivity index (χ3n) is 5.60. The van der Waals surface area contributed by atoms with Gasteiger partial charge in [0.15, 0.2) is 0 Å². The number of hydrogen-bond donors (Lipinski definition) is 7. The number of anilines is 1. The molecule has 2 rings (SSSR count).